The number of thiophene rings is 1. The highest BCUT2D eigenvalue weighted by molar-refractivity contribution is 7.10. The van der Waals surface area contributed by atoms with Crippen molar-refractivity contribution in [3.63, 3.8) is 0 Å². The van der Waals surface area contributed by atoms with Crippen LogP contribution >= 0.6 is 11.3 Å². The number of nitrogens with zero attached hydrogens (tertiary/aromatic N) is 2. The van der Waals surface area contributed by atoms with Crippen LogP contribution in [-0.4, -0.2) is 24.1 Å². The Kier molecular flexibility index (Phi) is 4.58. The molecule has 116 valence electrons. The van der Waals surface area contributed by atoms with Crippen LogP contribution in [0.25, 0.3) is 0 Å². The summed E-state index contributed by atoms with van der Waals surface area (Å²) in [6.45, 7) is 3.98. The SMILES string of the molecule is C[C@H](NC(=O)Nc1cccnc1N1CCCC1)c1cccs1. The zero-order valence-electron chi connectivity index (χ0n) is 12.6. The van der Waals surface area contributed by atoms with Crippen molar-refractivity contribution in [2.75, 3.05) is 23.3 Å². The Balaban J connectivity index is 1.66. The number of hydrogen-bond acceptors (Lipinski definition) is 4. The normalized spacial score (nSPS) is 15.6. The Morgan fingerprint density at radius 3 is 2.86 bits per heavy atom. The molecule has 5 nitrogen and oxygen atoms in total. The summed E-state index contributed by atoms with van der Waals surface area (Å²) in [5.41, 5.74) is 0.764. The van der Waals surface area contributed by atoms with Crippen molar-refractivity contribution in [3.05, 3.63) is 40.7 Å². The minimum Gasteiger partial charge on any atom is -0.355 e. The first-order valence-corrected chi connectivity index (χ1v) is 8.43. The van der Waals surface area contributed by atoms with Gasteiger partial charge in [0, 0.05) is 24.2 Å². The average molecular weight is 316 g/mol. The number of pyridine rings is 1. The molecular weight excluding hydrogens is 296 g/mol. The number of amides is 2. The monoisotopic (exact) mass is 316 g/mol. The maximum atomic E-state index is 12.2. The van der Waals surface area contributed by atoms with E-state index in [0.717, 1.165) is 29.5 Å². The topological polar surface area (TPSA) is 57.3 Å². The van der Waals surface area contributed by atoms with E-state index in [2.05, 4.69) is 20.5 Å². The molecule has 0 aromatic carbocycles. The summed E-state index contributed by atoms with van der Waals surface area (Å²) in [7, 11) is 0. The number of urea groups is 1. The van der Waals surface area contributed by atoms with Crippen LogP contribution in [0.4, 0.5) is 16.3 Å². The van der Waals surface area contributed by atoms with E-state index >= 15 is 0 Å². The summed E-state index contributed by atoms with van der Waals surface area (Å²) in [5, 5.41) is 7.91. The second-order valence-corrected chi connectivity index (χ2v) is 6.38. The molecule has 0 saturated carbocycles. The van der Waals surface area contributed by atoms with E-state index in [-0.39, 0.29) is 12.1 Å². The molecule has 22 heavy (non-hydrogen) atoms. The molecule has 1 atom stereocenters. The highest BCUT2D eigenvalue weighted by Crippen LogP contribution is 2.26. The largest absolute Gasteiger partial charge is 0.355 e. The van der Waals surface area contributed by atoms with Crippen molar-refractivity contribution in [2.24, 2.45) is 0 Å². The Morgan fingerprint density at radius 2 is 2.14 bits per heavy atom. The lowest BCUT2D eigenvalue weighted by molar-refractivity contribution is 0.249. The fourth-order valence-corrected chi connectivity index (χ4v) is 3.37. The summed E-state index contributed by atoms with van der Waals surface area (Å²) in [6.07, 6.45) is 4.13. The molecule has 1 aliphatic heterocycles. The van der Waals surface area contributed by atoms with Crippen LogP contribution < -0.4 is 15.5 Å². The van der Waals surface area contributed by atoms with Gasteiger partial charge in [-0.25, -0.2) is 9.78 Å². The Morgan fingerprint density at radius 1 is 1.32 bits per heavy atom. The van der Waals surface area contributed by atoms with Crippen molar-refractivity contribution in [3.8, 4) is 0 Å². The minimum atomic E-state index is -0.200. The number of carbonyl (C=O) groups excluding carboxylic acids is 1. The van der Waals surface area contributed by atoms with E-state index < -0.39 is 0 Å². The highest BCUT2D eigenvalue weighted by Gasteiger charge is 2.18. The molecule has 1 fully saturated rings. The van der Waals surface area contributed by atoms with Gasteiger partial charge in [0.25, 0.3) is 0 Å². The minimum absolute atomic E-state index is 0.00749. The number of hydrogen-bond donors (Lipinski definition) is 2. The Hall–Kier alpha value is -2.08. The van der Waals surface area contributed by atoms with Crippen molar-refractivity contribution < 1.29 is 4.79 Å². The molecule has 6 heteroatoms. The van der Waals surface area contributed by atoms with Gasteiger partial charge in [0.1, 0.15) is 0 Å². The van der Waals surface area contributed by atoms with Crippen LogP contribution in [0, 0.1) is 0 Å². The molecular formula is C16H20N4OS. The number of nitrogens with one attached hydrogen (secondary N) is 2. The first kappa shape index (κ1) is 14.8. The summed E-state index contributed by atoms with van der Waals surface area (Å²) in [6, 6.07) is 7.55. The predicted molar refractivity (Wildman–Crippen MR) is 90.6 cm³/mol. The lowest BCUT2D eigenvalue weighted by Crippen LogP contribution is -2.32. The fraction of sp³-hybridized carbons (Fsp3) is 0.375. The number of aromatic nitrogens is 1. The summed E-state index contributed by atoms with van der Waals surface area (Å²) >= 11 is 1.64. The lowest BCUT2D eigenvalue weighted by Gasteiger charge is -2.20. The molecule has 2 aromatic heterocycles. The summed E-state index contributed by atoms with van der Waals surface area (Å²) in [5.74, 6) is 0.860. The number of rotatable bonds is 4. The van der Waals surface area contributed by atoms with Crippen LogP contribution in [0.3, 0.4) is 0 Å². The number of carbonyl (C=O) groups is 1. The van der Waals surface area contributed by atoms with Gasteiger partial charge in [0.05, 0.1) is 11.7 Å². The molecule has 1 aliphatic rings. The van der Waals surface area contributed by atoms with Crippen molar-refractivity contribution in [1.82, 2.24) is 10.3 Å². The van der Waals surface area contributed by atoms with Gasteiger partial charge in [-0.1, -0.05) is 6.07 Å². The second-order valence-electron chi connectivity index (χ2n) is 5.40. The smallest absolute Gasteiger partial charge is 0.319 e. The molecule has 1 saturated heterocycles. The quantitative estimate of drug-likeness (QED) is 0.905. The first-order valence-electron chi connectivity index (χ1n) is 7.55. The Labute approximate surface area is 134 Å². The number of anilines is 2. The molecule has 0 unspecified atom stereocenters. The van der Waals surface area contributed by atoms with Gasteiger partial charge >= 0.3 is 6.03 Å². The van der Waals surface area contributed by atoms with Crippen molar-refractivity contribution in [1.29, 1.82) is 0 Å². The molecule has 3 heterocycles. The zero-order chi connectivity index (χ0) is 15.4. The summed E-state index contributed by atoms with van der Waals surface area (Å²) < 4.78 is 0. The van der Waals surface area contributed by atoms with Gasteiger partial charge in [-0.2, -0.15) is 0 Å². The van der Waals surface area contributed by atoms with Crippen molar-refractivity contribution >= 4 is 28.9 Å². The maximum absolute atomic E-state index is 12.2. The van der Waals surface area contributed by atoms with E-state index in [4.69, 9.17) is 0 Å². The van der Waals surface area contributed by atoms with E-state index in [1.807, 2.05) is 36.6 Å². The molecule has 0 radical (unpaired) electrons. The standard InChI is InChI=1S/C16H20N4OS/c1-12(14-7-5-11-22-14)18-16(21)19-13-6-4-8-17-15(13)20-9-2-3-10-20/h4-8,11-12H,2-3,9-10H2,1H3,(H2,18,19,21)/t12-/m0/s1. The molecule has 2 amide bonds. The van der Waals surface area contributed by atoms with Gasteiger partial charge in [0.15, 0.2) is 5.82 Å². The van der Waals surface area contributed by atoms with Crippen LogP contribution in [0.1, 0.15) is 30.7 Å². The average Bonchev–Trinajstić information content (AvgIpc) is 3.21. The van der Waals surface area contributed by atoms with Gasteiger partial charge in [-0.05, 0) is 43.3 Å². The zero-order valence-corrected chi connectivity index (χ0v) is 13.4. The van der Waals surface area contributed by atoms with Crippen LogP contribution in [0.15, 0.2) is 35.8 Å². The molecule has 0 aliphatic carbocycles. The van der Waals surface area contributed by atoms with E-state index in [0.29, 0.717) is 0 Å². The van der Waals surface area contributed by atoms with Gasteiger partial charge in [0.2, 0.25) is 0 Å². The molecule has 2 aromatic rings. The molecule has 0 bridgehead atoms. The molecule has 3 rings (SSSR count). The predicted octanol–water partition coefficient (Wildman–Crippen LogP) is 3.63. The van der Waals surface area contributed by atoms with E-state index in [1.54, 1.807) is 17.5 Å². The van der Waals surface area contributed by atoms with E-state index in [1.165, 1.54) is 12.8 Å². The lowest BCUT2D eigenvalue weighted by atomic mass is 10.3. The van der Waals surface area contributed by atoms with Crippen molar-refractivity contribution in [2.45, 2.75) is 25.8 Å². The molecule has 2 N–H and O–H groups in total. The van der Waals surface area contributed by atoms with E-state index in [9.17, 15) is 4.79 Å². The third-order valence-corrected chi connectivity index (χ3v) is 4.81. The van der Waals surface area contributed by atoms with Gasteiger partial charge in [-0.3, -0.25) is 0 Å². The van der Waals surface area contributed by atoms with Gasteiger partial charge in [-0.15, -0.1) is 11.3 Å². The third-order valence-electron chi connectivity index (χ3n) is 3.76. The second kappa shape index (κ2) is 6.79. The highest BCUT2D eigenvalue weighted by atomic mass is 32.1. The fourth-order valence-electron chi connectivity index (χ4n) is 2.64. The third kappa shape index (κ3) is 3.39. The molecule has 0 spiro atoms. The van der Waals surface area contributed by atoms with Crippen LogP contribution in [0.2, 0.25) is 0 Å². The summed E-state index contributed by atoms with van der Waals surface area (Å²) in [4.78, 5) is 20.0. The Bertz CT molecular complexity index is 623. The van der Waals surface area contributed by atoms with Crippen LogP contribution in [0.5, 0.6) is 0 Å². The van der Waals surface area contributed by atoms with Crippen LogP contribution in [-0.2, 0) is 0 Å². The first-order chi connectivity index (χ1) is 10.7. The van der Waals surface area contributed by atoms with Gasteiger partial charge < -0.3 is 15.5 Å². The maximum Gasteiger partial charge on any atom is 0.319 e.